The number of rotatable bonds is 6. The van der Waals surface area contributed by atoms with Crippen LogP contribution >= 0.6 is 0 Å². The van der Waals surface area contributed by atoms with Crippen LogP contribution in [0.3, 0.4) is 0 Å². The van der Waals surface area contributed by atoms with Gasteiger partial charge < -0.3 is 15.2 Å². The number of benzene rings is 1. The molecule has 1 atom stereocenters. The third-order valence-corrected chi connectivity index (χ3v) is 2.99. The molecule has 2 N–H and O–H groups in total. The van der Waals surface area contributed by atoms with Gasteiger partial charge in [-0.05, 0) is 24.6 Å². The fourth-order valence-corrected chi connectivity index (χ4v) is 1.56. The highest BCUT2D eigenvalue weighted by Gasteiger charge is 2.18. The van der Waals surface area contributed by atoms with E-state index in [4.69, 9.17) is 4.74 Å². The van der Waals surface area contributed by atoms with Crippen molar-refractivity contribution in [3.05, 3.63) is 29.6 Å². The van der Waals surface area contributed by atoms with E-state index in [1.165, 1.54) is 13.2 Å². The molecule has 0 aliphatic rings. The zero-order valence-electron chi connectivity index (χ0n) is 11.5. The lowest BCUT2D eigenvalue weighted by atomic mass is 9.94. The number of hydrogen-bond donors (Lipinski definition) is 2. The molecule has 1 rings (SSSR count). The first-order chi connectivity index (χ1) is 8.39. The lowest BCUT2D eigenvalue weighted by molar-refractivity contribution is 0.154. The van der Waals surface area contributed by atoms with Gasteiger partial charge in [-0.15, -0.1) is 0 Å². The molecular weight excluding hydrogens is 233 g/mol. The summed E-state index contributed by atoms with van der Waals surface area (Å²) in [6, 6.07) is 4.96. The van der Waals surface area contributed by atoms with Gasteiger partial charge in [-0.1, -0.05) is 19.9 Å². The molecule has 0 aromatic heterocycles. The number of hydrogen-bond acceptors (Lipinski definition) is 3. The predicted molar refractivity (Wildman–Crippen MR) is 70.2 cm³/mol. The molecular formula is C14H22FNO2. The van der Waals surface area contributed by atoms with Gasteiger partial charge in [0.05, 0.1) is 7.11 Å². The molecule has 0 spiro atoms. The van der Waals surface area contributed by atoms with Gasteiger partial charge >= 0.3 is 0 Å². The van der Waals surface area contributed by atoms with Crippen LogP contribution in [0, 0.1) is 11.2 Å². The second kappa shape index (κ2) is 6.16. The van der Waals surface area contributed by atoms with Crippen molar-refractivity contribution in [3.63, 3.8) is 0 Å². The largest absolute Gasteiger partial charge is 0.494 e. The summed E-state index contributed by atoms with van der Waals surface area (Å²) in [5.41, 5.74) is 0.682. The Bertz CT molecular complexity index is 393. The van der Waals surface area contributed by atoms with Crippen molar-refractivity contribution in [3.8, 4) is 5.75 Å². The van der Waals surface area contributed by atoms with E-state index < -0.39 is 0 Å². The summed E-state index contributed by atoms with van der Waals surface area (Å²) >= 11 is 0. The molecule has 18 heavy (non-hydrogen) atoms. The number of ether oxygens (including phenoxy) is 1. The van der Waals surface area contributed by atoms with Crippen molar-refractivity contribution in [1.29, 1.82) is 0 Å². The molecule has 1 unspecified atom stereocenters. The van der Waals surface area contributed by atoms with E-state index in [0.717, 1.165) is 5.56 Å². The summed E-state index contributed by atoms with van der Waals surface area (Å²) in [5, 5.41) is 12.5. The van der Waals surface area contributed by atoms with Crippen LogP contribution in [-0.2, 0) is 0 Å². The SMILES string of the molecule is COc1ccc(C(C)NCC(C)(C)CO)cc1F. The molecule has 3 nitrogen and oxygen atoms in total. The van der Waals surface area contributed by atoms with Gasteiger partial charge in [0.2, 0.25) is 0 Å². The molecule has 0 saturated carbocycles. The van der Waals surface area contributed by atoms with Crippen molar-refractivity contribution in [1.82, 2.24) is 5.32 Å². The second-order valence-corrected chi connectivity index (χ2v) is 5.32. The van der Waals surface area contributed by atoms with Crippen molar-refractivity contribution in [2.45, 2.75) is 26.8 Å². The minimum absolute atomic E-state index is 0.0243. The highest BCUT2D eigenvalue weighted by molar-refractivity contribution is 5.30. The summed E-state index contributed by atoms with van der Waals surface area (Å²) in [7, 11) is 1.45. The van der Waals surface area contributed by atoms with E-state index in [9.17, 15) is 9.50 Å². The maximum atomic E-state index is 13.6. The van der Waals surface area contributed by atoms with Crippen molar-refractivity contribution >= 4 is 0 Å². The zero-order valence-corrected chi connectivity index (χ0v) is 11.5. The van der Waals surface area contributed by atoms with E-state index in [2.05, 4.69) is 5.32 Å². The van der Waals surface area contributed by atoms with Crippen LogP contribution in [0.25, 0.3) is 0 Å². The third kappa shape index (κ3) is 3.96. The highest BCUT2D eigenvalue weighted by Crippen LogP contribution is 2.22. The maximum Gasteiger partial charge on any atom is 0.165 e. The predicted octanol–water partition coefficient (Wildman–Crippen LogP) is 2.50. The Balaban J connectivity index is 2.67. The van der Waals surface area contributed by atoms with Gasteiger partial charge in [0.15, 0.2) is 11.6 Å². The van der Waals surface area contributed by atoms with Crippen LogP contribution in [0.4, 0.5) is 4.39 Å². The van der Waals surface area contributed by atoms with Gasteiger partial charge in [-0.3, -0.25) is 0 Å². The van der Waals surface area contributed by atoms with Crippen LogP contribution in [0.5, 0.6) is 5.75 Å². The minimum atomic E-state index is -0.356. The van der Waals surface area contributed by atoms with Crippen LogP contribution in [-0.4, -0.2) is 25.4 Å². The Morgan fingerprint density at radius 2 is 2.11 bits per heavy atom. The first kappa shape index (κ1) is 14.9. The molecule has 1 aromatic rings. The smallest absolute Gasteiger partial charge is 0.165 e. The fraction of sp³-hybridized carbons (Fsp3) is 0.571. The lowest BCUT2D eigenvalue weighted by Crippen LogP contribution is -2.33. The van der Waals surface area contributed by atoms with E-state index in [0.29, 0.717) is 6.54 Å². The van der Waals surface area contributed by atoms with Gasteiger partial charge in [0.1, 0.15) is 0 Å². The number of nitrogens with one attached hydrogen (secondary N) is 1. The van der Waals surface area contributed by atoms with Crippen LogP contribution in [0.15, 0.2) is 18.2 Å². The van der Waals surface area contributed by atoms with Crippen LogP contribution < -0.4 is 10.1 Å². The van der Waals surface area contributed by atoms with E-state index >= 15 is 0 Å². The number of aliphatic hydroxyl groups is 1. The van der Waals surface area contributed by atoms with E-state index in [1.807, 2.05) is 26.8 Å². The van der Waals surface area contributed by atoms with Gasteiger partial charge in [0, 0.05) is 24.6 Å². The van der Waals surface area contributed by atoms with Crippen molar-refractivity contribution in [2.75, 3.05) is 20.3 Å². The summed E-state index contributed by atoms with van der Waals surface area (Å²) in [6.07, 6.45) is 0. The molecule has 1 aromatic carbocycles. The third-order valence-electron chi connectivity index (χ3n) is 2.99. The molecule has 0 bridgehead atoms. The Morgan fingerprint density at radius 3 is 2.61 bits per heavy atom. The molecule has 0 radical (unpaired) electrons. The first-order valence-corrected chi connectivity index (χ1v) is 6.07. The molecule has 0 saturated heterocycles. The highest BCUT2D eigenvalue weighted by atomic mass is 19.1. The Kier molecular flexibility index (Phi) is 5.11. The summed E-state index contributed by atoms with van der Waals surface area (Å²) < 4.78 is 18.4. The van der Waals surface area contributed by atoms with E-state index in [1.54, 1.807) is 6.07 Å². The summed E-state index contributed by atoms with van der Waals surface area (Å²) in [4.78, 5) is 0. The molecule has 102 valence electrons. The zero-order chi connectivity index (χ0) is 13.8. The van der Waals surface area contributed by atoms with Crippen LogP contribution in [0.2, 0.25) is 0 Å². The van der Waals surface area contributed by atoms with Crippen LogP contribution in [0.1, 0.15) is 32.4 Å². The Morgan fingerprint density at radius 1 is 1.44 bits per heavy atom. The monoisotopic (exact) mass is 255 g/mol. The normalized spacial score (nSPS) is 13.4. The topological polar surface area (TPSA) is 41.5 Å². The molecule has 0 aliphatic carbocycles. The molecule has 0 amide bonds. The first-order valence-electron chi connectivity index (χ1n) is 6.07. The quantitative estimate of drug-likeness (QED) is 0.820. The molecule has 0 heterocycles. The number of aliphatic hydroxyl groups excluding tert-OH is 1. The molecule has 0 aliphatic heterocycles. The minimum Gasteiger partial charge on any atom is -0.494 e. The lowest BCUT2D eigenvalue weighted by Gasteiger charge is -2.25. The molecule has 0 fully saturated rings. The second-order valence-electron chi connectivity index (χ2n) is 5.32. The fourth-order valence-electron chi connectivity index (χ4n) is 1.56. The maximum absolute atomic E-state index is 13.6. The average molecular weight is 255 g/mol. The Labute approximate surface area is 108 Å². The average Bonchev–Trinajstić information content (AvgIpc) is 2.36. The van der Waals surface area contributed by atoms with Crippen molar-refractivity contribution in [2.24, 2.45) is 5.41 Å². The van der Waals surface area contributed by atoms with E-state index in [-0.39, 0.29) is 29.6 Å². The number of methoxy groups -OCH3 is 1. The van der Waals surface area contributed by atoms with Gasteiger partial charge in [-0.25, -0.2) is 4.39 Å². The van der Waals surface area contributed by atoms with Gasteiger partial charge in [0.25, 0.3) is 0 Å². The Hall–Kier alpha value is -1.13. The number of halogens is 1. The summed E-state index contributed by atoms with van der Waals surface area (Å²) in [6.45, 7) is 6.69. The molecule has 4 heteroatoms. The standard InChI is InChI=1S/C14H22FNO2/c1-10(16-8-14(2,3)9-17)11-5-6-13(18-4)12(15)7-11/h5-7,10,16-17H,8-9H2,1-4H3. The van der Waals surface area contributed by atoms with Gasteiger partial charge in [-0.2, -0.15) is 0 Å². The van der Waals surface area contributed by atoms with Crippen molar-refractivity contribution < 1.29 is 14.2 Å². The summed E-state index contributed by atoms with van der Waals surface area (Å²) in [5.74, 6) is -0.105.